The molecule has 0 spiro atoms. The summed E-state index contributed by atoms with van der Waals surface area (Å²) in [4.78, 5) is 2.22. The second kappa shape index (κ2) is 5.27. The highest BCUT2D eigenvalue weighted by Crippen LogP contribution is 2.35. The van der Waals surface area contributed by atoms with Crippen molar-refractivity contribution in [2.24, 2.45) is 11.7 Å². The van der Waals surface area contributed by atoms with E-state index >= 15 is 0 Å². The summed E-state index contributed by atoms with van der Waals surface area (Å²) in [5.74, 6) is 0.394. The summed E-state index contributed by atoms with van der Waals surface area (Å²) in [6.45, 7) is 7.26. The number of hydrogen-bond donors (Lipinski definition) is 1. The molecule has 2 nitrogen and oxygen atoms in total. The molecule has 1 fully saturated rings. The maximum absolute atomic E-state index is 14.2. The lowest BCUT2D eigenvalue weighted by Crippen LogP contribution is -2.35. The molecule has 2 N–H and O–H groups in total. The molecular weight excluding hydrogens is 227 g/mol. The second-order valence-electron chi connectivity index (χ2n) is 5.61. The van der Waals surface area contributed by atoms with Gasteiger partial charge >= 0.3 is 0 Å². The van der Waals surface area contributed by atoms with E-state index in [0.717, 1.165) is 30.6 Å². The largest absolute Gasteiger partial charge is 0.366 e. The number of halogens is 1. The Morgan fingerprint density at radius 1 is 1.33 bits per heavy atom. The van der Waals surface area contributed by atoms with E-state index in [1.165, 1.54) is 6.07 Å². The van der Waals surface area contributed by atoms with E-state index in [1.807, 2.05) is 13.0 Å². The third-order valence-corrected chi connectivity index (χ3v) is 3.86. The second-order valence-corrected chi connectivity index (χ2v) is 5.61. The minimum absolute atomic E-state index is 0.135. The lowest BCUT2D eigenvalue weighted by atomic mass is 9.99. The van der Waals surface area contributed by atoms with Crippen LogP contribution in [-0.4, -0.2) is 12.6 Å². The van der Waals surface area contributed by atoms with Crippen LogP contribution in [0.3, 0.4) is 0 Å². The average Bonchev–Trinajstić information content (AvgIpc) is 2.77. The Hall–Kier alpha value is -1.09. The number of para-hydroxylation sites is 1. The van der Waals surface area contributed by atoms with Gasteiger partial charge in [-0.15, -0.1) is 0 Å². The van der Waals surface area contributed by atoms with Gasteiger partial charge in [-0.1, -0.05) is 26.0 Å². The van der Waals surface area contributed by atoms with Crippen molar-refractivity contribution in [2.75, 3.05) is 11.4 Å². The summed E-state index contributed by atoms with van der Waals surface area (Å²) >= 11 is 0. The molecular formula is C15H23FN2. The first kappa shape index (κ1) is 13.3. The number of rotatable bonds is 3. The molecule has 1 aliphatic heterocycles. The average molecular weight is 250 g/mol. The molecule has 2 rings (SSSR count). The predicted octanol–water partition coefficient (Wildman–Crippen LogP) is 3.47. The maximum atomic E-state index is 14.2. The van der Waals surface area contributed by atoms with Crippen molar-refractivity contribution in [3.8, 4) is 0 Å². The summed E-state index contributed by atoms with van der Waals surface area (Å²) in [6.07, 6.45) is 2.28. The first-order chi connectivity index (χ1) is 8.52. The van der Waals surface area contributed by atoms with E-state index in [-0.39, 0.29) is 11.9 Å². The smallest absolute Gasteiger partial charge is 0.146 e. The zero-order valence-corrected chi connectivity index (χ0v) is 11.5. The summed E-state index contributed by atoms with van der Waals surface area (Å²) in [5, 5.41) is 0. The van der Waals surface area contributed by atoms with E-state index in [9.17, 15) is 4.39 Å². The fraction of sp³-hybridized carbons (Fsp3) is 0.600. The van der Waals surface area contributed by atoms with E-state index in [1.54, 1.807) is 6.07 Å². The van der Waals surface area contributed by atoms with Crippen LogP contribution in [-0.2, 0) is 0 Å². The van der Waals surface area contributed by atoms with Crippen molar-refractivity contribution in [3.05, 3.63) is 29.6 Å². The van der Waals surface area contributed by atoms with Crippen LogP contribution in [0.5, 0.6) is 0 Å². The molecule has 3 heteroatoms. The fourth-order valence-corrected chi connectivity index (χ4v) is 2.97. The van der Waals surface area contributed by atoms with Crippen LogP contribution in [0.4, 0.5) is 10.1 Å². The van der Waals surface area contributed by atoms with Gasteiger partial charge in [0.05, 0.1) is 5.69 Å². The molecule has 0 bridgehead atoms. The molecule has 0 aliphatic carbocycles. The Kier molecular flexibility index (Phi) is 3.91. The van der Waals surface area contributed by atoms with Crippen molar-refractivity contribution >= 4 is 5.69 Å². The van der Waals surface area contributed by atoms with Crippen LogP contribution in [0.15, 0.2) is 18.2 Å². The molecule has 2 atom stereocenters. The standard InChI is InChI=1S/C15H23FN2/c1-10(2)14-8-5-9-18(14)15-12(11(3)17)6-4-7-13(15)16/h4,6-7,10-11,14H,5,8-9,17H2,1-3H3. The zero-order chi connectivity index (χ0) is 13.3. The van der Waals surface area contributed by atoms with Crippen LogP contribution in [0.2, 0.25) is 0 Å². The highest BCUT2D eigenvalue weighted by molar-refractivity contribution is 5.57. The van der Waals surface area contributed by atoms with Gasteiger partial charge in [0.1, 0.15) is 5.82 Å². The molecule has 1 aromatic carbocycles. The highest BCUT2D eigenvalue weighted by Gasteiger charge is 2.30. The molecule has 0 aromatic heterocycles. The number of benzene rings is 1. The van der Waals surface area contributed by atoms with E-state index in [4.69, 9.17) is 5.73 Å². The molecule has 1 aromatic rings. The van der Waals surface area contributed by atoms with Crippen molar-refractivity contribution in [3.63, 3.8) is 0 Å². The predicted molar refractivity (Wildman–Crippen MR) is 74.2 cm³/mol. The van der Waals surface area contributed by atoms with Gasteiger partial charge in [0.15, 0.2) is 0 Å². The van der Waals surface area contributed by atoms with Crippen LogP contribution in [0.1, 0.15) is 45.2 Å². The van der Waals surface area contributed by atoms with Crippen LogP contribution >= 0.6 is 0 Å². The third kappa shape index (κ3) is 2.37. The van der Waals surface area contributed by atoms with Crippen molar-refractivity contribution in [1.29, 1.82) is 0 Å². The highest BCUT2D eigenvalue weighted by atomic mass is 19.1. The zero-order valence-electron chi connectivity index (χ0n) is 11.5. The summed E-state index contributed by atoms with van der Waals surface area (Å²) in [7, 11) is 0. The van der Waals surface area contributed by atoms with Crippen molar-refractivity contribution in [1.82, 2.24) is 0 Å². The number of nitrogens with two attached hydrogens (primary N) is 1. The van der Waals surface area contributed by atoms with Crippen LogP contribution in [0.25, 0.3) is 0 Å². The Balaban J connectivity index is 2.43. The molecule has 18 heavy (non-hydrogen) atoms. The monoisotopic (exact) mass is 250 g/mol. The van der Waals surface area contributed by atoms with E-state index < -0.39 is 0 Å². The summed E-state index contributed by atoms with van der Waals surface area (Å²) in [6, 6.07) is 5.52. The Labute approximate surface area is 109 Å². The SMILES string of the molecule is CC(N)c1cccc(F)c1N1CCCC1C(C)C. The topological polar surface area (TPSA) is 29.3 Å². The first-order valence-corrected chi connectivity index (χ1v) is 6.83. The molecule has 0 radical (unpaired) electrons. The molecule has 1 saturated heterocycles. The van der Waals surface area contributed by atoms with Gasteiger partial charge in [0.25, 0.3) is 0 Å². The molecule has 0 saturated carbocycles. The van der Waals surface area contributed by atoms with Crippen LogP contribution < -0.4 is 10.6 Å². The van der Waals surface area contributed by atoms with Crippen molar-refractivity contribution < 1.29 is 4.39 Å². The summed E-state index contributed by atoms with van der Waals surface area (Å²) in [5.41, 5.74) is 7.62. The molecule has 0 amide bonds. The normalized spacial score (nSPS) is 21.7. The molecule has 100 valence electrons. The number of anilines is 1. The first-order valence-electron chi connectivity index (χ1n) is 6.83. The Morgan fingerprint density at radius 3 is 2.67 bits per heavy atom. The molecule has 1 heterocycles. The van der Waals surface area contributed by atoms with E-state index in [0.29, 0.717) is 12.0 Å². The van der Waals surface area contributed by atoms with E-state index in [2.05, 4.69) is 18.7 Å². The van der Waals surface area contributed by atoms with Gasteiger partial charge in [-0.2, -0.15) is 0 Å². The number of nitrogens with zero attached hydrogens (tertiary/aromatic N) is 1. The van der Waals surface area contributed by atoms with Crippen molar-refractivity contribution in [2.45, 2.75) is 45.7 Å². The maximum Gasteiger partial charge on any atom is 0.146 e. The third-order valence-electron chi connectivity index (χ3n) is 3.86. The minimum atomic E-state index is -0.141. The van der Waals surface area contributed by atoms with Crippen LogP contribution in [0, 0.1) is 11.7 Å². The molecule has 1 aliphatic rings. The van der Waals surface area contributed by atoms with Gasteiger partial charge in [0, 0.05) is 18.6 Å². The number of hydrogen-bond acceptors (Lipinski definition) is 2. The van der Waals surface area contributed by atoms with Gasteiger partial charge in [-0.3, -0.25) is 0 Å². The lowest BCUT2D eigenvalue weighted by molar-refractivity contribution is 0.484. The van der Waals surface area contributed by atoms with Gasteiger partial charge in [-0.25, -0.2) is 4.39 Å². The van der Waals surface area contributed by atoms with Gasteiger partial charge in [-0.05, 0) is 37.3 Å². The minimum Gasteiger partial charge on any atom is -0.366 e. The summed E-state index contributed by atoms with van der Waals surface area (Å²) < 4.78 is 14.2. The Bertz CT molecular complexity index is 415. The fourth-order valence-electron chi connectivity index (χ4n) is 2.97. The molecule has 2 unspecified atom stereocenters. The Morgan fingerprint density at radius 2 is 2.06 bits per heavy atom. The van der Waals surface area contributed by atoms with Gasteiger partial charge in [0.2, 0.25) is 0 Å². The lowest BCUT2D eigenvalue weighted by Gasteiger charge is -2.32. The van der Waals surface area contributed by atoms with Gasteiger partial charge < -0.3 is 10.6 Å². The quantitative estimate of drug-likeness (QED) is 0.890.